The van der Waals surface area contributed by atoms with Crippen LogP contribution in [0.5, 0.6) is 5.75 Å². The van der Waals surface area contributed by atoms with Crippen molar-refractivity contribution in [3.05, 3.63) is 29.8 Å². The summed E-state index contributed by atoms with van der Waals surface area (Å²) in [4.78, 5) is 13.3. The number of rotatable bonds is 2. The number of aliphatic hydroxyl groups excluding tert-OH is 2. The van der Waals surface area contributed by atoms with Crippen LogP contribution in [0.1, 0.15) is 38.7 Å². The molecule has 2 N–H and O–H groups in total. The third-order valence-corrected chi connectivity index (χ3v) is 3.89. The van der Waals surface area contributed by atoms with Gasteiger partial charge in [0.15, 0.2) is 6.23 Å². The Morgan fingerprint density at radius 2 is 1.83 bits per heavy atom. The zero-order valence-corrected chi connectivity index (χ0v) is 14.0. The zero-order chi connectivity index (χ0) is 17.2. The van der Waals surface area contributed by atoms with E-state index in [2.05, 4.69) is 0 Å². The largest absolute Gasteiger partial charge is 0.497 e. The predicted octanol–water partition coefficient (Wildman–Crippen LogP) is 2.10. The van der Waals surface area contributed by atoms with Gasteiger partial charge in [-0.15, -0.1) is 0 Å². The maximum atomic E-state index is 12.1. The Morgan fingerprint density at radius 3 is 2.35 bits per heavy atom. The van der Waals surface area contributed by atoms with Crippen LogP contribution in [0, 0.1) is 0 Å². The van der Waals surface area contributed by atoms with E-state index < -0.39 is 24.0 Å². The van der Waals surface area contributed by atoms with E-state index in [1.165, 1.54) is 4.90 Å². The van der Waals surface area contributed by atoms with E-state index in [-0.39, 0.29) is 5.92 Å². The fourth-order valence-corrected chi connectivity index (χ4v) is 2.71. The van der Waals surface area contributed by atoms with Crippen molar-refractivity contribution in [3.8, 4) is 5.75 Å². The lowest BCUT2D eigenvalue weighted by Crippen LogP contribution is -2.54. The Bertz CT molecular complexity index is 537. The van der Waals surface area contributed by atoms with Gasteiger partial charge in [0.25, 0.3) is 0 Å². The van der Waals surface area contributed by atoms with Gasteiger partial charge in [-0.3, -0.25) is 4.90 Å². The first-order chi connectivity index (χ1) is 10.7. The van der Waals surface area contributed by atoms with Gasteiger partial charge in [-0.1, -0.05) is 12.1 Å². The molecule has 0 aromatic heterocycles. The van der Waals surface area contributed by atoms with Crippen LogP contribution in [-0.2, 0) is 4.74 Å². The Kier molecular flexibility index (Phi) is 5.16. The molecule has 6 nitrogen and oxygen atoms in total. The van der Waals surface area contributed by atoms with E-state index in [1.54, 1.807) is 27.9 Å². The summed E-state index contributed by atoms with van der Waals surface area (Å²) in [6.07, 6.45) is -2.42. The molecule has 2 rings (SSSR count). The second-order valence-corrected chi connectivity index (χ2v) is 6.75. The molecule has 0 bridgehead atoms. The predicted molar refractivity (Wildman–Crippen MR) is 85.3 cm³/mol. The number of likely N-dealkylation sites (tertiary alicyclic amines) is 1. The van der Waals surface area contributed by atoms with Crippen molar-refractivity contribution in [2.24, 2.45) is 0 Å². The molecular formula is C17H25NO5. The molecule has 3 unspecified atom stereocenters. The highest BCUT2D eigenvalue weighted by Gasteiger charge is 2.40. The number of carbonyl (C=O) groups is 1. The van der Waals surface area contributed by atoms with E-state index in [1.807, 2.05) is 24.3 Å². The van der Waals surface area contributed by atoms with Crippen molar-refractivity contribution < 1.29 is 24.5 Å². The Hall–Kier alpha value is -1.79. The van der Waals surface area contributed by atoms with E-state index in [4.69, 9.17) is 9.47 Å². The summed E-state index contributed by atoms with van der Waals surface area (Å²) in [5.74, 6) is 0.490. The molecule has 3 atom stereocenters. The molecule has 1 amide bonds. The average molecular weight is 323 g/mol. The molecule has 1 heterocycles. The fraction of sp³-hybridized carbons (Fsp3) is 0.588. The van der Waals surface area contributed by atoms with Crippen molar-refractivity contribution in [1.82, 2.24) is 4.90 Å². The summed E-state index contributed by atoms with van der Waals surface area (Å²) in [5.41, 5.74) is 0.260. The van der Waals surface area contributed by atoms with Crippen LogP contribution < -0.4 is 4.74 Å². The maximum Gasteiger partial charge on any atom is 0.412 e. The molecule has 1 aliphatic rings. The summed E-state index contributed by atoms with van der Waals surface area (Å²) in [5, 5.41) is 20.7. The van der Waals surface area contributed by atoms with Crippen LogP contribution in [0.3, 0.4) is 0 Å². The number of nitrogens with zero attached hydrogens (tertiary/aromatic N) is 1. The number of carbonyl (C=O) groups excluding carboxylic acids is 1. The third-order valence-electron chi connectivity index (χ3n) is 3.89. The van der Waals surface area contributed by atoms with Crippen molar-refractivity contribution in [2.75, 3.05) is 13.7 Å². The first-order valence-electron chi connectivity index (χ1n) is 7.72. The van der Waals surface area contributed by atoms with Crippen LogP contribution in [0.4, 0.5) is 4.79 Å². The minimum absolute atomic E-state index is 0.241. The van der Waals surface area contributed by atoms with Gasteiger partial charge in [0.05, 0.1) is 7.11 Å². The number of benzene rings is 1. The topological polar surface area (TPSA) is 79.2 Å². The van der Waals surface area contributed by atoms with Crippen molar-refractivity contribution in [3.63, 3.8) is 0 Å². The highest BCUT2D eigenvalue weighted by Crippen LogP contribution is 2.32. The van der Waals surface area contributed by atoms with Gasteiger partial charge >= 0.3 is 6.09 Å². The molecule has 23 heavy (non-hydrogen) atoms. The lowest BCUT2D eigenvalue weighted by atomic mass is 9.86. The van der Waals surface area contributed by atoms with Gasteiger partial charge in [-0.25, -0.2) is 4.79 Å². The van der Waals surface area contributed by atoms with E-state index >= 15 is 0 Å². The van der Waals surface area contributed by atoms with Crippen LogP contribution in [-0.4, -0.2) is 52.8 Å². The first kappa shape index (κ1) is 17.6. The quantitative estimate of drug-likeness (QED) is 0.871. The summed E-state index contributed by atoms with van der Waals surface area (Å²) >= 11 is 0. The van der Waals surface area contributed by atoms with Crippen LogP contribution in [0.15, 0.2) is 24.3 Å². The first-order valence-corrected chi connectivity index (χ1v) is 7.72. The Morgan fingerprint density at radius 1 is 1.22 bits per heavy atom. The molecule has 1 aliphatic heterocycles. The number of aliphatic hydroxyl groups is 2. The Balaban J connectivity index is 2.08. The molecule has 0 aliphatic carbocycles. The van der Waals surface area contributed by atoms with E-state index in [9.17, 15) is 15.0 Å². The molecule has 0 radical (unpaired) electrons. The monoisotopic (exact) mass is 323 g/mol. The molecule has 1 aromatic rings. The number of hydrogen-bond donors (Lipinski definition) is 2. The SMILES string of the molecule is COc1ccc(C2CCN(C(=O)OC(C)(C)C)C(O)C2O)cc1. The zero-order valence-electron chi connectivity index (χ0n) is 14.0. The van der Waals surface area contributed by atoms with E-state index in [0.717, 1.165) is 11.3 Å². The minimum Gasteiger partial charge on any atom is -0.497 e. The van der Waals surface area contributed by atoms with Crippen molar-refractivity contribution in [1.29, 1.82) is 0 Å². The summed E-state index contributed by atoms with van der Waals surface area (Å²) in [6, 6.07) is 7.36. The Labute approximate surface area is 136 Å². The number of ether oxygens (including phenoxy) is 2. The van der Waals surface area contributed by atoms with Gasteiger partial charge in [-0.05, 0) is 44.9 Å². The normalized spacial score (nSPS) is 25.1. The summed E-state index contributed by atoms with van der Waals surface area (Å²) in [6.45, 7) is 5.61. The molecule has 6 heteroatoms. The minimum atomic E-state index is -1.29. The lowest BCUT2D eigenvalue weighted by molar-refractivity contribution is -0.114. The smallest absolute Gasteiger partial charge is 0.412 e. The lowest BCUT2D eigenvalue weighted by Gasteiger charge is -2.40. The standard InChI is InChI=1S/C17H25NO5/c1-17(2,3)23-16(21)18-10-9-13(14(19)15(18)20)11-5-7-12(22-4)8-6-11/h5-8,13-15,19-20H,9-10H2,1-4H3. The number of hydrogen-bond acceptors (Lipinski definition) is 5. The molecule has 1 aromatic carbocycles. The van der Waals surface area contributed by atoms with E-state index in [0.29, 0.717) is 13.0 Å². The highest BCUT2D eigenvalue weighted by atomic mass is 16.6. The maximum absolute atomic E-state index is 12.1. The second-order valence-electron chi connectivity index (χ2n) is 6.75. The second kappa shape index (κ2) is 6.76. The highest BCUT2D eigenvalue weighted by molar-refractivity contribution is 5.68. The van der Waals surface area contributed by atoms with Crippen molar-refractivity contribution >= 4 is 6.09 Å². The van der Waals surface area contributed by atoms with Gasteiger partial charge in [0.2, 0.25) is 0 Å². The van der Waals surface area contributed by atoms with Gasteiger partial charge in [0.1, 0.15) is 17.5 Å². The molecular weight excluding hydrogens is 298 g/mol. The number of methoxy groups -OCH3 is 1. The molecule has 0 spiro atoms. The fourth-order valence-electron chi connectivity index (χ4n) is 2.71. The van der Waals surface area contributed by atoms with Crippen LogP contribution >= 0.6 is 0 Å². The van der Waals surface area contributed by atoms with Crippen molar-refractivity contribution in [2.45, 2.75) is 51.0 Å². The number of piperidine rings is 1. The molecule has 1 fully saturated rings. The molecule has 1 saturated heterocycles. The van der Waals surface area contributed by atoms with Crippen LogP contribution in [0.2, 0.25) is 0 Å². The number of amides is 1. The molecule has 0 saturated carbocycles. The summed E-state index contributed by atoms with van der Waals surface area (Å²) < 4.78 is 10.4. The molecule has 128 valence electrons. The van der Waals surface area contributed by atoms with Gasteiger partial charge in [0, 0.05) is 12.5 Å². The average Bonchev–Trinajstić information content (AvgIpc) is 2.48. The van der Waals surface area contributed by atoms with Crippen LogP contribution in [0.25, 0.3) is 0 Å². The summed E-state index contributed by atoms with van der Waals surface area (Å²) in [7, 11) is 1.59. The van der Waals surface area contributed by atoms with Gasteiger partial charge < -0.3 is 19.7 Å². The third kappa shape index (κ3) is 4.14. The van der Waals surface area contributed by atoms with Gasteiger partial charge in [-0.2, -0.15) is 0 Å².